The number of carbonyl (C=O) groups excluding carboxylic acids is 2. The summed E-state index contributed by atoms with van der Waals surface area (Å²) in [6.45, 7) is 1.02. The number of rotatable bonds is 11. The third-order valence-electron chi connectivity index (χ3n) is 7.61. The molecule has 1 aliphatic heterocycles. The van der Waals surface area contributed by atoms with Crippen molar-refractivity contribution < 1.29 is 35.9 Å². The van der Waals surface area contributed by atoms with E-state index in [0.717, 1.165) is 36.1 Å². The molecule has 1 fully saturated rings. The van der Waals surface area contributed by atoms with Crippen LogP contribution in [0.1, 0.15) is 30.4 Å². The summed E-state index contributed by atoms with van der Waals surface area (Å²) in [5.74, 6) is -0.387. The fraction of sp³-hybridized carbons (Fsp3) is 0.229. The van der Waals surface area contributed by atoms with Gasteiger partial charge in [0.05, 0.1) is 22.6 Å². The summed E-state index contributed by atoms with van der Waals surface area (Å²) in [5, 5.41) is 6.23. The summed E-state index contributed by atoms with van der Waals surface area (Å²) in [4.78, 5) is 25.9. The summed E-state index contributed by atoms with van der Waals surface area (Å²) in [6, 6.07) is 26.9. The minimum Gasteiger partial charge on any atom is -0.448 e. The number of hydrazine groups is 1. The van der Waals surface area contributed by atoms with Crippen molar-refractivity contribution in [2.75, 3.05) is 30.0 Å². The van der Waals surface area contributed by atoms with E-state index in [4.69, 9.17) is 4.74 Å². The van der Waals surface area contributed by atoms with E-state index in [1.165, 1.54) is 0 Å². The van der Waals surface area contributed by atoms with Crippen LogP contribution in [0.25, 0.3) is 11.1 Å². The van der Waals surface area contributed by atoms with Crippen molar-refractivity contribution in [2.45, 2.75) is 36.9 Å². The molecule has 4 aromatic rings. The van der Waals surface area contributed by atoms with Gasteiger partial charge in [-0.2, -0.15) is 13.2 Å². The smallest absolute Gasteiger partial charge is 0.429 e. The molecule has 1 heterocycles. The van der Waals surface area contributed by atoms with Crippen LogP contribution in [-0.2, 0) is 32.3 Å². The standard InChI is InChI=1S/C35H34F3N4O5S/c36-35(37,38)28-15-19-30(20-16-28)48(45,46)39-25-26-13-17-29(18-14-26)40-33(43)21-24-47-34(44)42(41-22-7-2-8-23-41)32-12-6-5-11-31(32)27-9-3-1-4-10-27/h1-6,9-20,39H,7-8,21-25H2,(H,40,43). The lowest BCUT2D eigenvalue weighted by Crippen LogP contribution is -2.49. The number of carbonyl (C=O) groups is 2. The van der Waals surface area contributed by atoms with Crippen LogP contribution in [0.5, 0.6) is 0 Å². The number of nitrogens with zero attached hydrogens (tertiary/aromatic N) is 2. The van der Waals surface area contributed by atoms with Crippen molar-refractivity contribution in [1.82, 2.24) is 9.73 Å². The first-order chi connectivity index (χ1) is 23.0. The van der Waals surface area contributed by atoms with Crippen LogP contribution in [0.4, 0.5) is 29.3 Å². The Kier molecular flexibility index (Phi) is 11.1. The Morgan fingerprint density at radius 2 is 1.48 bits per heavy atom. The Morgan fingerprint density at radius 3 is 2.15 bits per heavy atom. The molecule has 251 valence electrons. The summed E-state index contributed by atoms with van der Waals surface area (Å²) in [7, 11) is -4.05. The van der Waals surface area contributed by atoms with Crippen molar-refractivity contribution >= 4 is 33.4 Å². The van der Waals surface area contributed by atoms with Crippen LogP contribution in [0, 0.1) is 6.42 Å². The minimum atomic E-state index is -4.57. The number of sulfonamides is 1. The van der Waals surface area contributed by atoms with Gasteiger partial charge in [-0.05, 0) is 72.9 Å². The normalized spacial score (nSPS) is 13.9. The third-order valence-corrected chi connectivity index (χ3v) is 9.02. The minimum absolute atomic E-state index is 0.0949. The highest BCUT2D eigenvalue weighted by molar-refractivity contribution is 7.89. The number of amides is 2. The molecule has 4 aromatic carbocycles. The van der Waals surface area contributed by atoms with Gasteiger partial charge in [-0.3, -0.25) is 4.79 Å². The van der Waals surface area contributed by atoms with Gasteiger partial charge >= 0.3 is 12.3 Å². The second-order valence-corrected chi connectivity index (χ2v) is 12.7. The van der Waals surface area contributed by atoms with Crippen LogP contribution >= 0.6 is 0 Å². The van der Waals surface area contributed by atoms with E-state index in [9.17, 15) is 31.2 Å². The molecule has 0 aromatic heterocycles. The summed E-state index contributed by atoms with van der Waals surface area (Å²) >= 11 is 0. The number of nitrogens with one attached hydrogen (secondary N) is 2. The molecule has 48 heavy (non-hydrogen) atoms. The second-order valence-electron chi connectivity index (χ2n) is 11.0. The third kappa shape index (κ3) is 9.00. The Labute approximate surface area is 277 Å². The first-order valence-electron chi connectivity index (χ1n) is 15.2. The topological polar surface area (TPSA) is 108 Å². The van der Waals surface area contributed by atoms with Gasteiger partial charge in [0, 0.05) is 30.9 Å². The molecule has 0 saturated carbocycles. The fourth-order valence-electron chi connectivity index (χ4n) is 5.13. The van der Waals surface area contributed by atoms with E-state index >= 15 is 0 Å². The summed E-state index contributed by atoms with van der Waals surface area (Å²) in [6.07, 6.45) is -1.42. The Morgan fingerprint density at radius 1 is 0.833 bits per heavy atom. The van der Waals surface area contributed by atoms with Gasteiger partial charge in [-0.15, -0.1) is 0 Å². The van der Waals surface area contributed by atoms with Crippen molar-refractivity contribution in [1.29, 1.82) is 0 Å². The molecule has 9 nitrogen and oxygen atoms in total. The molecule has 0 spiro atoms. The van der Waals surface area contributed by atoms with Gasteiger partial charge in [0.25, 0.3) is 0 Å². The molecular weight excluding hydrogens is 645 g/mol. The van der Waals surface area contributed by atoms with Gasteiger partial charge in [-0.1, -0.05) is 60.7 Å². The number of para-hydroxylation sites is 1. The molecular formula is C35H34F3N4O5S. The number of piperidine rings is 1. The Hall–Kier alpha value is -4.72. The van der Waals surface area contributed by atoms with Crippen LogP contribution in [0.3, 0.4) is 0 Å². The van der Waals surface area contributed by atoms with E-state index < -0.39 is 27.9 Å². The van der Waals surface area contributed by atoms with Crippen molar-refractivity contribution in [3.63, 3.8) is 0 Å². The highest BCUT2D eigenvalue weighted by Crippen LogP contribution is 2.33. The molecule has 13 heteroatoms. The molecule has 2 amide bonds. The molecule has 0 atom stereocenters. The number of ether oxygens (including phenoxy) is 1. The maximum atomic E-state index is 13.5. The fourth-order valence-corrected chi connectivity index (χ4v) is 6.15. The van der Waals surface area contributed by atoms with Gasteiger partial charge < -0.3 is 10.1 Å². The quantitative estimate of drug-likeness (QED) is 0.176. The largest absolute Gasteiger partial charge is 0.448 e. The van der Waals surface area contributed by atoms with E-state index in [1.807, 2.05) is 59.6 Å². The van der Waals surface area contributed by atoms with Gasteiger partial charge in [0.15, 0.2) is 0 Å². The lowest BCUT2D eigenvalue weighted by atomic mass is 10.0. The number of benzene rings is 4. The van der Waals surface area contributed by atoms with E-state index in [-0.39, 0.29) is 30.4 Å². The van der Waals surface area contributed by atoms with Crippen LogP contribution < -0.4 is 15.0 Å². The molecule has 1 radical (unpaired) electrons. The molecule has 0 bridgehead atoms. The number of hydrogen-bond donors (Lipinski definition) is 2. The van der Waals surface area contributed by atoms with Crippen molar-refractivity contribution in [2.24, 2.45) is 0 Å². The molecule has 1 aliphatic rings. The maximum absolute atomic E-state index is 13.5. The first kappa shape index (κ1) is 34.6. The highest BCUT2D eigenvalue weighted by atomic mass is 32.2. The number of anilines is 2. The summed E-state index contributed by atoms with van der Waals surface area (Å²) < 4.78 is 71.4. The summed E-state index contributed by atoms with van der Waals surface area (Å²) in [5.41, 5.74) is 2.57. The molecule has 1 saturated heterocycles. The predicted octanol–water partition coefficient (Wildman–Crippen LogP) is 7.04. The number of hydrogen-bond acceptors (Lipinski definition) is 6. The molecule has 2 N–H and O–H groups in total. The highest BCUT2D eigenvalue weighted by Gasteiger charge is 2.31. The average Bonchev–Trinajstić information content (AvgIpc) is 3.09. The lowest BCUT2D eigenvalue weighted by Gasteiger charge is -2.37. The van der Waals surface area contributed by atoms with E-state index in [0.29, 0.717) is 42.2 Å². The van der Waals surface area contributed by atoms with Crippen molar-refractivity contribution in [3.05, 3.63) is 121 Å². The predicted molar refractivity (Wildman–Crippen MR) is 176 cm³/mol. The van der Waals surface area contributed by atoms with Gasteiger partial charge in [-0.25, -0.2) is 28.0 Å². The first-order valence-corrected chi connectivity index (χ1v) is 16.7. The van der Waals surface area contributed by atoms with E-state index in [2.05, 4.69) is 16.5 Å². The zero-order valence-corrected chi connectivity index (χ0v) is 26.6. The van der Waals surface area contributed by atoms with Crippen LogP contribution in [0.15, 0.2) is 108 Å². The van der Waals surface area contributed by atoms with Crippen molar-refractivity contribution in [3.8, 4) is 11.1 Å². The number of alkyl halides is 3. The average molecular weight is 680 g/mol. The van der Waals surface area contributed by atoms with Gasteiger partial charge in [0.2, 0.25) is 15.9 Å². The second kappa shape index (κ2) is 15.5. The monoisotopic (exact) mass is 679 g/mol. The number of halogens is 3. The molecule has 5 rings (SSSR count). The van der Waals surface area contributed by atoms with Gasteiger partial charge in [0.1, 0.15) is 6.61 Å². The Balaban J connectivity index is 1.14. The van der Waals surface area contributed by atoms with Crippen LogP contribution in [0.2, 0.25) is 0 Å². The van der Waals surface area contributed by atoms with E-state index in [1.54, 1.807) is 29.3 Å². The zero-order chi connectivity index (χ0) is 34.1. The molecule has 0 unspecified atom stereocenters. The maximum Gasteiger partial charge on any atom is 0.429 e. The molecule has 0 aliphatic carbocycles. The zero-order valence-electron chi connectivity index (χ0n) is 25.8. The Bertz CT molecular complexity index is 1800. The lowest BCUT2D eigenvalue weighted by molar-refractivity contribution is -0.137. The SMILES string of the molecule is O=C(CCOC(=O)N(c1ccccc1-c1ccccc1)N1CC[CH]CC1)Nc1ccc(CNS(=O)(=O)c2ccc(C(F)(F)F)cc2)cc1. The van der Waals surface area contributed by atoms with Crippen LogP contribution in [-0.4, -0.2) is 45.1 Å².